The molecule has 164 valence electrons. The van der Waals surface area contributed by atoms with E-state index in [-0.39, 0.29) is 11.1 Å². The Hall–Kier alpha value is -4.21. The third kappa shape index (κ3) is 4.14. The molecule has 0 bridgehead atoms. The standard InChI is InChI=1S/C27H22N2O4/c1-4-23(30)17-7-10-19(22(13-17)27(31)32)26-20-9-6-16(15-28-3)12-24(20)33-25-14-18(29-5-2)8-11-21(25)26/h1,6-14,28H,5,15H2,2-3H3,(H,31,32)/p-1. The van der Waals surface area contributed by atoms with Crippen molar-refractivity contribution in [3.05, 3.63) is 76.6 Å². The normalized spacial score (nSPS) is 11.6. The van der Waals surface area contributed by atoms with Gasteiger partial charge >= 0.3 is 0 Å². The number of fused-ring (bicyclic) bond motifs is 2. The highest BCUT2D eigenvalue weighted by atomic mass is 16.4. The monoisotopic (exact) mass is 437 g/mol. The summed E-state index contributed by atoms with van der Waals surface area (Å²) in [4.78, 5) is 28.5. The number of hydrogen-bond donors (Lipinski definition) is 1. The summed E-state index contributed by atoms with van der Waals surface area (Å²) in [7, 11) is 1.86. The number of carboxylic acid groups (broad SMARTS) is 1. The van der Waals surface area contributed by atoms with Crippen LogP contribution in [0.3, 0.4) is 0 Å². The molecule has 2 aromatic rings. The van der Waals surface area contributed by atoms with E-state index in [1.807, 2.05) is 56.3 Å². The molecule has 2 aromatic carbocycles. The lowest BCUT2D eigenvalue weighted by Crippen LogP contribution is -2.23. The fourth-order valence-electron chi connectivity index (χ4n) is 3.96. The van der Waals surface area contributed by atoms with Gasteiger partial charge in [-0.05, 0) is 61.4 Å². The second kappa shape index (κ2) is 9.11. The number of hydrogen-bond acceptors (Lipinski definition) is 6. The van der Waals surface area contributed by atoms with E-state index in [4.69, 9.17) is 10.8 Å². The Bertz CT molecular complexity index is 1470. The van der Waals surface area contributed by atoms with E-state index < -0.39 is 11.8 Å². The van der Waals surface area contributed by atoms with Crippen LogP contribution in [0, 0.1) is 12.3 Å². The van der Waals surface area contributed by atoms with Crippen molar-refractivity contribution >= 4 is 22.7 Å². The van der Waals surface area contributed by atoms with Crippen molar-refractivity contribution in [2.45, 2.75) is 13.5 Å². The van der Waals surface area contributed by atoms with Gasteiger partial charge in [-0.3, -0.25) is 9.79 Å². The highest BCUT2D eigenvalue weighted by molar-refractivity contribution is 6.12. The fraction of sp³-hybridized carbons (Fsp3) is 0.148. The number of carboxylic acids is 1. The molecule has 0 radical (unpaired) electrons. The molecule has 0 fully saturated rings. The summed E-state index contributed by atoms with van der Waals surface area (Å²) in [5.41, 5.74) is 3.43. The van der Waals surface area contributed by atoms with Gasteiger partial charge in [-0.2, -0.15) is 0 Å². The first-order valence-corrected chi connectivity index (χ1v) is 10.5. The van der Waals surface area contributed by atoms with E-state index in [9.17, 15) is 14.7 Å². The van der Waals surface area contributed by atoms with E-state index in [1.54, 1.807) is 6.07 Å². The van der Waals surface area contributed by atoms with Gasteiger partial charge in [0.05, 0.1) is 11.3 Å². The van der Waals surface area contributed by atoms with Gasteiger partial charge in [-0.15, -0.1) is 6.42 Å². The molecule has 1 aliphatic heterocycles. The Labute approximate surface area is 190 Å². The number of aromatic carboxylic acids is 1. The van der Waals surface area contributed by atoms with Crippen molar-refractivity contribution in [3.8, 4) is 34.8 Å². The average molecular weight is 437 g/mol. The topological polar surface area (TPSA) is 94.7 Å². The number of nitrogens with one attached hydrogen (secondary N) is 1. The lowest BCUT2D eigenvalue weighted by molar-refractivity contribution is -0.254. The maximum Gasteiger partial charge on any atom is 0.235 e. The van der Waals surface area contributed by atoms with Crippen LogP contribution in [0.1, 0.15) is 33.2 Å². The lowest BCUT2D eigenvalue weighted by atomic mass is 9.89. The molecule has 0 atom stereocenters. The number of nitrogens with zero attached hydrogens (tertiary/aromatic N) is 1. The molecule has 1 heterocycles. The van der Waals surface area contributed by atoms with E-state index in [2.05, 4.69) is 10.3 Å². The van der Waals surface area contributed by atoms with Crippen molar-refractivity contribution in [1.82, 2.24) is 5.32 Å². The third-order valence-corrected chi connectivity index (χ3v) is 5.39. The van der Waals surface area contributed by atoms with E-state index >= 15 is 0 Å². The molecule has 4 rings (SSSR count). The predicted octanol–water partition coefficient (Wildman–Crippen LogP) is 3.02. The molecule has 0 saturated heterocycles. The summed E-state index contributed by atoms with van der Waals surface area (Å²) >= 11 is 0. The second-order valence-electron chi connectivity index (χ2n) is 7.51. The zero-order chi connectivity index (χ0) is 23.5. The minimum absolute atomic E-state index is 0.119. The van der Waals surface area contributed by atoms with Gasteiger partial charge in [-0.25, -0.2) is 0 Å². The number of Topliss-reactive ketones (excluding diaryl/α,β-unsaturated/α-hetero) is 1. The van der Waals surface area contributed by atoms with Crippen LogP contribution in [-0.4, -0.2) is 25.3 Å². The summed E-state index contributed by atoms with van der Waals surface area (Å²) < 4.78 is 6.23. The van der Waals surface area contributed by atoms with Crippen molar-refractivity contribution in [3.63, 3.8) is 0 Å². The molecule has 6 heteroatoms. The molecule has 1 N–H and O–H groups in total. The van der Waals surface area contributed by atoms with Gasteiger partial charge in [0.1, 0.15) is 11.3 Å². The first kappa shape index (κ1) is 22.0. The SMILES string of the molecule is C#CC(=O)c1ccc(-c2c3ccc(=NCC)cc-3oc3cc(CNC)ccc23)c(C(=O)[O-])c1. The van der Waals surface area contributed by atoms with Crippen molar-refractivity contribution in [1.29, 1.82) is 0 Å². The number of benzene rings is 3. The van der Waals surface area contributed by atoms with Gasteiger partial charge in [0.2, 0.25) is 5.78 Å². The number of rotatable bonds is 6. The summed E-state index contributed by atoms with van der Waals surface area (Å²) in [6.45, 7) is 3.22. The maximum atomic E-state index is 12.1. The van der Waals surface area contributed by atoms with Gasteiger partial charge < -0.3 is 19.6 Å². The molecule has 0 unspecified atom stereocenters. The smallest absolute Gasteiger partial charge is 0.235 e. The summed E-state index contributed by atoms with van der Waals surface area (Å²) in [5.74, 6) is 0.597. The highest BCUT2D eigenvalue weighted by Crippen LogP contribution is 2.41. The first-order chi connectivity index (χ1) is 16.0. The van der Waals surface area contributed by atoms with Crippen molar-refractivity contribution in [2.75, 3.05) is 13.6 Å². The molecule has 0 aromatic heterocycles. The quantitative estimate of drug-likeness (QED) is 0.217. The van der Waals surface area contributed by atoms with Crippen molar-refractivity contribution < 1.29 is 19.1 Å². The number of carbonyl (C=O) groups excluding carboxylic acids is 2. The minimum atomic E-state index is -1.40. The predicted molar refractivity (Wildman–Crippen MR) is 125 cm³/mol. The van der Waals surface area contributed by atoms with Crippen LogP contribution in [0.25, 0.3) is 33.4 Å². The molecule has 2 aliphatic rings. The van der Waals surface area contributed by atoms with Crippen LogP contribution in [0.5, 0.6) is 0 Å². The van der Waals surface area contributed by atoms with Crippen LogP contribution in [0.4, 0.5) is 0 Å². The van der Waals surface area contributed by atoms with Gasteiger partial charge in [-0.1, -0.05) is 18.2 Å². The summed E-state index contributed by atoms with van der Waals surface area (Å²) in [5, 5.41) is 16.7. The largest absolute Gasteiger partial charge is 0.545 e. The molecule has 6 nitrogen and oxygen atoms in total. The zero-order valence-electron chi connectivity index (χ0n) is 18.3. The van der Waals surface area contributed by atoms with Gasteiger partial charge in [0.15, 0.2) is 0 Å². The van der Waals surface area contributed by atoms with Gasteiger partial charge in [0.25, 0.3) is 0 Å². The summed E-state index contributed by atoms with van der Waals surface area (Å²) in [6, 6.07) is 15.7. The van der Waals surface area contributed by atoms with Crippen LogP contribution >= 0.6 is 0 Å². The minimum Gasteiger partial charge on any atom is -0.545 e. The first-order valence-electron chi connectivity index (χ1n) is 10.5. The van der Waals surface area contributed by atoms with Crippen LogP contribution < -0.4 is 15.8 Å². The number of terminal acetylenes is 1. The Morgan fingerprint density at radius 1 is 1.09 bits per heavy atom. The molecule has 1 aliphatic carbocycles. The molecule has 0 amide bonds. The maximum absolute atomic E-state index is 12.1. The van der Waals surface area contributed by atoms with Crippen LogP contribution in [0.15, 0.2) is 64.0 Å². The van der Waals surface area contributed by atoms with Crippen molar-refractivity contribution in [2.24, 2.45) is 4.99 Å². The van der Waals surface area contributed by atoms with E-state index in [0.717, 1.165) is 21.9 Å². The number of ketones is 1. The van der Waals surface area contributed by atoms with E-state index in [0.29, 0.717) is 35.6 Å². The Morgan fingerprint density at radius 3 is 2.58 bits per heavy atom. The molecular formula is C27H21N2O4-. The fourth-order valence-corrected chi connectivity index (χ4v) is 3.96. The summed E-state index contributed by atoms with van der Waals surface area (Å²) in [6.07, 6.45) is 5.22. The van der Waals surface area contributed by atoms with E-state index in [1.165, 1.54) is 12.1 Å². The Morgan fingerprint density at radius 2 is 1.88 bits per heavy atom. The molecule has 33 heavy (non-hydrogen) atoms. The highest BCUT2D eigenvalue weighted by Gasteiger charge is 2.20. The second-order valence-corrected chi connectivity index (χ2v) is 7.51. The van der Waals surface area contributed by atoms with Crippen LogP contribution in [-0.2, 0) is 6.54 Å². The number of carbonyl (C=O) groups is 2. The molecule has 0 spiro atoms. The zero-order valence-corrected chi connectivity index (χ0v) is 18.3. The average Bonchev–Trinajstić information content (AvgIpc) is 2.82. The molecule has 0 saturated carbocycles. The third-order valence-electron chi connectivity index (χ3n) is 5.39. The molecular weight excluding hydrogens is 416 g/mol. The van der Waals surface area contributed by atoms with Crippen LogP contribution in [0.2, 0.25) is 0 Å². The van der Waals surface area contributed by atoms with Gasteiger partial charge in [0, 0.05) is 46.8 Å². The lowest BCUT2D eigenvalue weighted by Gasteiger charge is -2.19. The Balaban J connectivity index is 2.11. The Kier molecular flexibility index (Phi) is 6.07.